The van der Waals surface area contributed by atoms with Crippen LogP contribution in [-0.4, -0.2) is 19.5 Å². The zero-order valence-corrected chi connectivity index (χ0v) is 15.0. The largest absolute Gasteiger partial charge is 0.543 e. The molecule has 0 heterocycles. The number of aliphatic hydroxyl groups excluding tert-OH is 1. The van der Waals surface area contributed by atoms with E-state index in [0.29, 0.717) is 0 Å². The third-order valence-electron chi connectivity index (χ3n) is 4.58. The zero-order valence-electron chi connectivity index (χ0n) is 14.0. The van der Waals surface area contributed by atoms with Crippen molar-refractivity contribution in [2.75, 3.05) is 0 Å². The molecule has 0 fully saturated rings. The van der Waals surface area contributed by atoms with Crippen LogP contribution in [0, 0.1) is 0 Å². The van der Waals surface area contributed by atoms with Crippen LogP contribution in [0.2, 0.25) is 18.1 Å². The van der Waals surface area contributed by atoms with Crippen LogP contribution in [0.1, 0.15) is 52.5 Å². The Labute approximate surface area is 125 Å². The van der Waals surface area contributed by atoms with E-state index in [2.05, 4.69) is 46.9 Å². The van der Waals surface area contributed by atoms with Gasteiger partial charge in [-0.15, -0.1) is 0 Å². The molecule has 3 heteroatoms. The molecule has 0 spiro atoms. The summed E-state index contributed by atoms with van der Waals surface area (Å²) in [4.78, 5) is 0. The molecular formula is C17H30O2Si. The number of para-hydroxylation sites is 1. The van der Waals surface area contributed by atoms with E-state index >= 15 is 0 Å². The minimum absolute atomic E-state index is 0.0981. The second-order valence-corrected chi connectivity index (χ2v) is 11.9. The minimum atomic E-state index is -1.85. The monoisotopic (exact) mass is 294 g/mol. The van der Waals surface area contributed by atoms with Crippen LogP contribution in [0.5, 0.6) is 5.75 Å². The highest BCUT2D eigenvalue weighted by atomic mass is 28.4. The SMILES string of the molecule is CC[C@H](O)[C@@H](C)c1ccccc1O[Si](C)(C)C(C)(C)C. The Morgan fingerprint density at radius 2 is 1.75 bits per heavy atom. The van der Waals surface area contributed by atoms with Crippen LogP contribution in [0.3, 0.4) is 0 Å². The van der Waals surface area contributed by atoms with Gasteiger partial charge >= 0.3 is 0 Å². The standard InChI is InChI=1S/C17H30O2Si/c1-8-15(18)13(2)14-11-9-10-12-16(14)19-20(6,7)17(3,4)5/h9-13,15,18H,8H2,1-7H3/t13-,15-/m0/s1. The van der Waals surface area contributed by atoms with E-state index in [9.17, 15) is 5.11 Å². The second-order valence-electron chi connectivity index (χ2n) is 7.16. The van der Waals surface area contributed by atoms with Gasteiger partial charge in [0.25, 0.3) is 0 Å². The van der Waals surface area contributed by atoms with Gasteiger partial charge in [0.1, 0.15) is 5.75 Å². The predicted octanol–water partition coefficient (Wildman–Crippen LogP) is 4.95. The van der Waals surface area contributed by atoms with Gasteiger partial charge in [0, 0.05) is 5.92 Å². The van der Waals surface area contributed by atoms with Crippen molar-refractivity contribution in [1.29, 1.82) is 0 Å². The maximum atomic E-state index is 10.1. The normalized spacial score (nSPS) is 15.8. The van der Waals surface area contributed by atoms with Gasteiger partial charge in [-0.2, -0.15) is 0 Å². The minimum Gasteiger partial charge on any atom is -0.543 e. The molecule has 0 aliphatic heterocycles. The first kappa shape index (κ1) is 17.2. The molecule has 2 nitrogen and oxygen atoms in total. The molecule has 1 rings (SSSR count). The lowest BCUT2D eigenvalue weighted by molar-refractivity contribution is 0.144. The average molecular weight is 295 g/mol. The number of aliphatic hydroxyl groups is 1. The summed E-state index contributed by atoms with van der Waals surface area (Å²) < 4.78 is 6.44. The van der Waals surface area contributed by atoms with Crippen molar-refractivity contribution < 1.29 is 9.53 Å². The van der Waals surface area contributed by atoms with Crippen molar-refractivity contribution in [2.45, 2.75) is 71.2 Å². The Bertz CT molecular complexity index is 435. The molecule has 114 valence electrons. The molecule has 0 aromatic heterocycles. The van der Waals surface area contributed by atoms with Gasteiger partial charge in [-0.05, 0) is 36.2 Å². The molecule has 0 radical (unpaired) electrons. The Morgan fingerprint density at radius 3 is 2.25 bits per heavy atom. The third-order valence-corrected chi connectivity index (χ3v) is 8.92. The first-order valence-electron chi connectivity index (χ1n) is 7.56. The van der Waals surface area contributed by atoms with Crippen molar-refractivity contribution in [1.82, 2.24) is 0 Å². The summed E-state index contributed by atoms with van der Waals surface area (Å²) in [5, 5.41) is 10.3. The molecule has 1 N–H and O–H groups in total. The number of hydrogen-bond acceptors (Lipinski definition) is 2. The van der Waals surface area contributed by atoms with Gasteiger partial charge < -0.3 is 9.53 Å². The van der Waals surface area contributed by atoms with Crippen LogP contribution >= 0.6 is 0 Å². The number of rotatable bonds is 5. The van der Waals surface area contributed by atoms with E-state index in [-0.39, 0.29) is 17.1 Å². The van der Waals surface area contributed by atoms with Gasteiger partial charge in [-0.3, -0.25) is 0 Å². The van der Waals surface area contributed by atoms with Gasteiger partial charge in [0.15, 0.2) is 0 Å². The molecule has 1 aromatic rings. The lowest BCUT2D eigenvalue weighted by Crippen LogP contribution is -2.44. The van der Waals surface area contributed by atoms with E-state index < -0.39 is 8.32 Å². The molecule has 2 atom stereocenters. The lowest BCUT2D eigenvalue weighted by atomic mass is 9.93. The van der Waals surface area contributed by atoms with Crippen LogP contribution in [0.15, 0.2) is 24.3 Å². The van der Waals surface area contributed by atoms with Crippen molar-refractivity contribution in [3.63, 3.8) is 0 Å². The molecule has 1 aromatic carbocycles. The Hall–Kier alpha value is -0.803. The Balaban J connectivity index is 3.09. The fraction of sp³-hybridized carbons (Fsp3) is 0.647. The summed E-state index contributed by atoms with van der Waals surface area (Å²) in [5.74, 6) is 1.04. The maximum absolute atomic E-state index is 10.1. The fourth-order valence-electron chi connectivity index (χ4n) is 1.94. The Morgan fingerprint density at radius 1 is 1.20 bits per heavy atom. The predicted molar refractivity (Wildman–Crippen MR) is 89.0 cm³/mol. The van der Waals surface area contributed by atoms with Crippen molar-refractivity contribution in [2.24, 2.45) is 0 Å². The van der Waals surface area contributed by atoms with E-state index in [1.165, 1.54) is 0 Å². The average Bonchev–Trinajstić information content (AvgIpc) is 2.36. The highest BCUT2D eigenvalue weighted by Crippen LogP contribution is 2.39. The van der Waals surface area contributed by atoms with E-state index in [0.717, 1.165) is 17.7 Å². The summed E-state index contributed by atoms with van der Waals surface area (Å²) in [7, 11) is -1.85. The maximum Gasteiger partial charge on any atom is 0.250 e. The number of hydrogen-bond donors (Lipinski definition) is 1. The molecule has 20 heavy (non-hydrogen) atoms. The summed E-state index contributed by atoms with van der Waals surface area (Å²) in [6, 6.07) is 8.14. The molecular weight excluding hydrogens is 264 g/mol. The van der Waals surface area contributed by atoms with Crippen LogP contribution in [0.25, 0.3) is 0 Å². The molecule has 0 aliphatic carbocycles. The fourth-order valence-corrected chi connectivity index (χ4v) is 2.98. The first-order valence-corrected chi connectivity index (χ1v) is 10.5. The zero-order chi connectivity index (χ0) is 15.6. The molecule has 0 unspecified atom stereocenters. The van der Waals surface area contributed by atoms with Gasteiger partial charge in [0.2, 0.25) is 8.32 Å². The lowest BCUT2D eigenvalue weighted by Gasteiger charge is -2.37. The summed E-state index contributed by atoms with van der Waals surface area (Å²) in [5.41, 5.74) is 1.12. The highest BCUT2D eigenvalue weighted by molar-refractivity contribution is 6.74. The topological polar surface area (TPSA) is 29.5 Å². The van der Waals surface area contributed by atoms with E-state index in [1.54, 1.807) is 0 Å². The molecule has 0 bridgehead atoms. The molecule has 0 aliphatic rings. The van der Waals surface area contributed by atoms with E-state index in [1.807, 2.05) is 25.1 Å². The smallest absolute Gasteiger partial charge is 0.250 e. The van der Waals surface area contributed by atoms with Gasteiger partial charge in [-0.25, -0.2) is 0 Å². The summed E-state index contributed by atoms with van der Waals surface area (Å²) in [6.07, 6.45) is 0.439. The molecule has 0 saturated heterocycles. The Kier molecular flexibility index (Phi) is 5.44. The van der Waals surface area contributed by atoms with Crippen molar-refractivity contribution >= 4 is 8.32 Å². The summed E-state index contributed by atoms with van der Waals surface area (Å²) >= 11 is 0. The van der Waals surface area contributed by atoms with Gasteiger partial charge in [-0.1, -0.05) is 52.8 Å². The van der Waals surface area contributed by atoms with E-state index in [4.69, 9.17) is 4.43 Å². The van der Waals surface area contributed by atoms with Crippen molar-refractivity contribution in [3.05, 3.63) is 29.8 Å². The molecule has 0 amide bonds. The third kappa shape index (κ3) is 3.86. The van der Waals surface area contributed by atoms with Crippen LogP contribution < -0.4 is 4.43 Å². The quantitative estimate of drug-likeness (QED) is 0.779. The van der Waals surface area contributed by atoms with Crippen LogP contribution in [0.4, 0.5) is 0 Å². The summed E-state index contributed by atoms with van der Waals surface area (Å²) in [6.45, 7) is 15.3. The van der Waals surface area contributed by atoms with Gasteiger partial charge in [0.05, 0.1) is 6.10 Å². The van der Waals surface area contributed by atoms with Crippen molar-refractivity contribution in [3.8, 4) is 5.75 Å². The van der Waals surface area contributed by atoms with Crippen LogP contribution in [-0.2, 0) is 0 Å². The molecule has 0 saturated carbocycles. The number of benzene rings is 1. The second kappa shape index (κ2) is 6.31. The first-order chi connectivity index (χ1) is 9.10. The highest BCUT2D eigenvalue weighted by Gasteiger charge is 2.39.